The Kier molecular flexibility index (Phi) is 6.15. The first-order valence-corrected chi connectivity index (χ1v) is 9.70. The molecule has 0 saturated carbocycles. The molecule has 0 fully saturated rings. The molecule has 2 aromatic carbocycles. The summed E-state index contributed by atoms with van der Waals surface area (Å²) in [5.74, 6) is -0.382. The minimum atomic E-state index is -3.75. The van der Waals surface area contributed by atoms with Crippen LogP contribution in [0, 0.1) is 0 Å². The monoisotopic (exact) mass is 410 g/mol. The Morgan fingerprint density at radius 2 is 1.58 bits per heavy atom. The summed E-state index contributed by atoms with van der Waals surface area (Å²) in [5, 5.41) is 2.81. The fourth-order valence-electron chi connectivity index (χ4n) is 2.13. The maximum Gasteiger partial charge on any atom is 0.241 e. The average Bonchev–Trinajstić information content (AvgIpc) is 2.55. The fraction of sp³-hybridized carbons (Fsp3) is 0.235. The van der Waals surface area contributed by atoms with Gasteiger partial charge in [0.25, 0.3) is 0 Å². The summed E-state index contributed by atoms with van der Waals surface area (Å²) in [5.41, 5.74) is 0.953. The number of sulfonamides is 1. The lowest BCUT2D eigenvalue weighted by Crippen LogP contribution is -2.45. The van der Waals surface area contributed by atoms with Gasteiger partial charge in [0.05, 0.1) is 17.0 Å². The fourth-order valence-corrected chi connectivity index (χ4v) is 3.60. The van der Waals surface area contributed by atoms with E-state index in [2.05, 4.69) is 26.0 Å². The van der Waals surface area contributed by atoms with Crippen LogP contribution in [0.4, 0.5) is 0 Å². The third kappa shape index (κ3) is 4.90. The summed E-state index contributed by atoms with van der Waals surface area (Å²) in [6.45, 7) is 3.37. The summed E-state index contributed by atoms with van der Waals surface area (Å²) >= 11 is 3.26. The molecule has 2 atom stereocenters. The molecule has 24 heavy (non-hydrogen) atoms. The summed E-state index contributed by atoms with van der Waals surface area (Å²) in [6, 6.07) is 14.6. The highest BCUT2D eigenvalue weighted by Gasteiger charge is 2.23. The largest absolute Gasteiger partial charge is 0.348 e. The van der Waals surface area contributed by atoms with Gasteiger partial charge in [-0.2, -0.15) is 4.72 Å². The van der Waals surface area contributed by atoms with Gasteiger partial charge in [0, 0.05) is 4.47 Å². The molecule has 2 aromatic rings. The van der Waals surface area contributed by atoms with E-state index >= 15 is 0 Å². The van der Waals surface area contributed by atoms with E-state index in [0.717, 1.165) is 10.0 Å². The normalized spacial score (nSPS) is 14.0. The van der Waals surface area contributed by atoms with Crippen LogP contribution in [0.1, 0.15) is 25.5 Å². The van der Waals surface area contributed by atoms with Gasteiger partial charge in [0.15, 0.2) is 0 Å². The zero-order valence-electron chi connectivity index (χ0n) is 13.4. The van der Waals surface area contributed by atoms with Crippen molar-refractivity contribution in [3.8, 4) is 0 Å². The van der Waals surface area contributed by atoms with Crippen molar-refractivity contribution in [3.63, 3.8) is 0 Å². The maximum atomic E-state index is 12.3. The predicted octanol–water partition coefficient (Wildman–Crippen LogP) is 2.99. The summed E-state index contributed by atoms with van der Waals surface area (Å²) in [4.78, 5) is 12.4. The number of carbonyl (C=O) groups is 1. The second-order valence-corrected chi connectivity index (χ2v) is 8.07. The molecule has 5 nitrogen and oxygen atoms in total. The molecule has 7 heteroatoms. The van der Waals surface area contributed by atoms with Crippen molar-refractivity contribution in [2.75, 3.05) is 0 Å². The van der Waals surface area contributed by atoms with E-state index < -0.39 is 16.1 Å². The van der Waals surface area contributed by atoms with Gasteiger partial charge in [-0.05, 0) is 43.7 Å². The van der Waals surface area contributed by atoms with Crippen LogP contribution in [-0.4, -0.2) is 20.4 Å². The lowest BCUT2D eigenvalue weighted by atomic mass is 10.1. The lowest BCUT2D eigenvalue weighted by Gasteiger charge is -2.19. The van der Waals surface area contributed by atoms with Gasteiger partial charge in [-0.3, -0.25) is 4.79 Å². The highest BCUT2D eigenvalue weighted by Crippen LogP contribution is 2.15. The molecule has 0 aromatic heterocycles. The second-order valence-electron chi connectivity index (χ2n) is 5.44. The minimum absolute atomic E-state index is 0.112. The first-order valence-electron chi connectivity index (χ1n) is 7.43. The molecular weight excluding hydrogens is 392 g/mol. The van der Waals surface area contributed by atoms with Crippen molar-refractivity contribution in [2.45, 2.75) is 30.8 Å². The van der Waals surface area contributed by atoms with Gasteiger partial charge in [-0.1, -0.05) is 46.3 Å². The number of carbonyl (C=O) groups excluding carboxylic acids is 1. The molecule has 0 heterocycles. The number of hydrogen-bond acceptors (Lipinski definition) is 3. The Labute approximate surface area is 150 Å². The smallest absolute Gasteiger partial charge is 0.241 e. The molecule has 0 aliphatic heterocycles. The van der Waals surface area contributed by atoms with E-state index in [1.54, 1.807) is 12.1 Å². The highest BCUT2D eigenvalue weighted by molar-refractivity contribution is 9.10. The molecule has 2 rings (SSSR count). The molecule has 0 radical (unpaired) electrons. The molecule has 0 unspecified atom stereocenters. The topological polar surface area (TPSA) is 75.3 Å². The Bertz CT molecular complexity index is 792. The first-order chi connectivity index (χ1) is 11.3. The van der Waals surface area contributed by atoms with Crippen LogP contribution in [0.2, 0.25) is 0 Å². The molecule has 128 valence electrons. The number of halogens is 1. The van der Waals surface area contributed by atoms with Crippen molar-refractivity contribution in [1.82, 2.24) is 10.0 Å². The van der Waals surface area contributed by atoms with Gasteiger partial charge in [-0.15, -0.1) is 0 Å². The Morgan fingerprint density at radius 3 is 2.17 bits per heavy atom. The van der Waals surface area contributed by atoms with Gasteiger partial charge in [0.1, 0.15) is 0 Å². The SMILES string of the molecule is C[C@@H](NS(=O)(=O)c1ccc(Br)cc1)C(=O)N[C@H](C)c1ccccc1. The van der Waals surface area contributed by atoms with Gasteiger partial charge >= 0.3 is 0 Å². The number of rotatable bonds is 6. The zero-order valence-corrected chi connectivity index (χ0v) is 15.8. The number of hydrogen-bond donors (Lipinski definition) is 2. The van der Waals surface area contributed by atoms with Crippen LogP contribution in [-0.2, 0) is 14.8 Å². The van der Waals surface area contributed by atoms with E-state index in [4.69, 9.17) is 0 Å². The molecule has 0 aliphatic carbocycles. The molecule has 0 spiro atoms. The van der Waals surface area contributed by atoms with Crippen molar-refractivity contribution in [2.24, 2.45) is 0 Å². The van der Waals surface area contributed by atoms with Crippen LogP contribution < -0.4 is 10.0 Å². The zero-order chi connectivity index (χ0) is 17.7. The third-order valence-corrected chi connectivity index (χ3v) is 5.59. The van der Waals surface area contributed by atoms with Gasteiger partial charge < -0.3 is 5.32 Å². The number of benzene rings is 2. The summed E-state index contributed by atoms with van der Waals surface area (Å²) < 4.78 is 27.8. The van der Waals surface area contributed by atoms with Crippen molar-refractivity contribution in [3.05, 3.63) is 64.6 Å². The quantitative estimate of drug-likeness (QED) is 0.768. The van der Waals surface area contributed by atoms with Crippen molar-refractivity contribution >= 4 is 31.9 Å². The Balaban J connectivity index is 2.02. The van der Waals surface area contributed by atoms with E-state index in [1.807, 2.05) is 37.3 Å². The van der Waals surface area contributed by atoms with Crippen molar-refractivity contribution in [1.29, 1.82) is 0 Å². The minimum Gasteiger partial charge on any atom is -0.348 e. The molecule has 0 saturated heterocycles. The summed E-state index contributed by atoms with van der Waals surface area (Å²) in [7, 11) is -3.75. The van der Waals surface area contributed by atoms with Crippen LogP contribution in [0.25, 0.3) is 0 Å². The maximum absolute atomic E-state index is 12.3. The number of amides is 1. The average molecular weight is 411 g/mol. The van der Waals surface area contributed by atoms with Crippen LogP contribution in [0.5, 0.6) is 0 Å². The van der Waals surface area contributed by atoms with E-state index in [0.29, 0.717) is 0 Å². The standard InChI is InChI=1S/C17H19BrN2O3S/c1-12(14-6-4-3-5-7-14)19-17(21)13(2)20-24(22,23)16-10-8-15(18)9-11-16/h3-13,20H,1-2H3,(H,19,21)/t12-,13-/m1/s1. The first kappa shape index (κ1) is 18.6. The van der Waals surface area contributed by atoms with Crippen LogP contribution in [0.15, 0.2) is 64.0 Å². The van der Waals surface area contributed by atoms with Gasteiger partial charge in [-0.25, -0.2) is 8.42 Å². The summed E-state index contributed by atoms with van der Waals surface area (Å²) in [6.07, 6.45) is 0. The van der Waals surface area contributed by atoms with Gasteiger partial charge in [0.2, 0.25) is 15.9 Å². The van der Waals surface area contributed by atoms with Crippen molar-refractivity contribution < 1.29 is 13.2 Å². The van der Waals surface area contributed by atoms with E-state index in [9.17, 15) is 13.2 Å². The molecule has 0 aliphatic rings. The van der Waals surface area contributed by atoms with E-state index in [-0.39, 0.29) is 16.8 Å². The Morgan fingerprint density at radius 1 is 1.00 bits per heavy atom. The molecule has 0 bridgehead atoms. The lowest BCUT2D eigenvalue weighted by molar-refractivity contribution is -0.123. The van der Waals surface area contributed by atoms with Crippen LogP contribution >= 0.6 is 15.9 Å². The van der Waals surface area contributed by atoms with E-state index in [1.165, 1.54) is 19.1 Å². The molecule has 2 N–H and O–H groups in total. The Hall–Kier alpha value is -1.70. The highest BCUT2D eigenvalue weighted by atomic mass is 79.9. The predicted molar refractivity (Wildman–Crippen MR) is 96.9 cm³/mol. The molecule has 1 amide bonds. The third-order valence-electron chi connectivity index (χ3n) is 3.51. The second kappa shape index (κ2) is 7.92. The number of nitrogens with one attached hydrogen (secondary N) is 2. The van der Waals surface area contributed by atoms with Crippen LogP contribution in [0.3, 0.4) is 0 Å². The molecular formula is C17H19BrN2O3S.